The first-order valence-corrected chi connectivity index (χ1v) is 9.94. The summed E-state index contributed by atoms with van der Waals surface area (Å²) in [6.45, 7) is 12.9. The Kier molecular flexibility index (Phi) is 6.59. The summed E-state index contributed by atoms with van der Waals surface area (Å²) in [5.74, 6) is 2.76. The van der Waals surface area contributed by atoms with Crippen molar-refractivity contribution < 1.29 is 4.79 Å². The molecule has 2 fully saturated rings. The minimum Gasteiger partial charge on any atom is -0.350 e. The van der Waals surface area contributed by atoms with Gasteiger partial charge >= 0.3 is 0 Å². The molecule has 1 atom stereocenters. The summed E-state index contributed by atoms with van der Waals surface area (Å²) >= 11 is 2.08. The third-order valence-corrected chi connectivity index (χ3v) is 5.63. The van der Waals surface area contributed by atoms with Crippen molar-refractivity contribution in [3.63, 3.8) is 0 Å². The normalized spacial score (nSPS) is 24.2. The number of thioether (sulfide) groups is 1. The van der Waals surface area contributed by atoms with Crippen LogP contribution in [-0.4, -0.2) is 71.0 Å². The first-order chi connectivity index (χ1) is 10.4. The second-order valence-electron chi connectivity index (χ2n) is 7.58. The SMILES string of the molecule is CCC(C(=O)NC(C)(C)C)N1CCC(N2CCSCC2)CC1. The second kappa shape index (κ2) is 8.02. The lowest BCUT2D eigenvalue weighted by Gasteiger charge is -2.42. The fourth-order valence-corrected chi connectivity index (χ4v) is 4.50. The molecule has 2 aliphatic rings. The number of nitrogens with zero attached hydrogens (tertiary/aromatic N) is 2. The molecule has 22 heavy (non-hydrogen) atoms. The number of carbonyl (C=O) groups is 1. The van der Waals surface area contributed by atoms with Gasteiger partial charge in [-0.15, -0.1) is 0 Å². The Labute approximate surface area is 140 Å². The van der Waals surface area contributed by atoms with E-state index in [4.69, 9.17) is 0 Å². The molecule has 0 bridgehead atoms. The second-order valence-corrected chi connectivity index (χ2v) is 8.80. The maximum atomic E-state index is 12.5. The molecule has 0 saturated carbocycles. The van der Waals surface area contributed by atoms with Gasteiger partial charge in [-0.1, -0.05) is 6.92 Å². The Morgan fingerprint density at radius 1 is 1.18 bits per heavy atom. The molecule has 4 nitrogen and oxygen atoms in total. The zero-order chi connectivity index (χ0) is 16.2. The summed E-state index contributed by atoms with van der Waals surface area (Å²) in [4.78, 5) is 17.6. The van der Waals surface area contributed by atoms with E-state index < -0.39 is 0 Å². The number of amides is 1. The van der Waals surface area contributed by atoms with Crippen molar-refractivity contribution in [2.75, 3.05) is 37.7 Å². The Bertz CT molecular complexity index is 355. The van der Waals surface area contributed by atoms with E-state index in [1.807, 2.05) is 0 Å². The van der Waals surface area contributed by atoms with Crippen molar-refractivity contribution >= 4 is 17.7 Å². The molecule has 0 spiro atoms. The van der Waals surface area contributed by atoms with Crippen LogP contribution in [0.2, 0.25) is 0 Å². The highest BCUT2D eigenvalue weighted by molar-refractivity contribution is 7.99. The quantitative estimate of drug-likeness (QED) is 0.859. The molecule has 1 amide bonds. The summed E-state index contributed by atoms with van der Waals surface area (Å²) in [5.41, 5.74) is -0.145. The topological polar surface area (TPSA) is 35.6 Å². The molecule has 2 heterocycles. The predicted molar refractivity (Wildman–Crippen MR) is 95.5 cm³/mol. The van der Waals surface area contributed by atoms with Crippen LogP contribution in [0.1, 0.15) is 47.0 Å². The Balaban J connectivity index is 1.84. The van der Waals surface area contributed by atoms with Crippen LogP contribution in [0.25, 0.3) is 0 Å². The fourth-order valence-electron chi connectivity index (χ4n) is 3.57. The minimum absolute atomic E-state index is 0.0390. The Hall–Kier alpha value is -0.260. The van der Waals surface area contributed by atoms with E-state index in [0.717, 1.165) is 25.6 Å². The first-order valence-electron chi connectivity index (χ1n) is 8.78. The minimum atomic E-state index is -0.145. The summed E-state index contributed by atoms with van der Waals surface area (Å²) in [6, 6.07) is 0.775. The van der Waals surface area contributed by atoms with E-state index in [9.17, 15) is 4.79 Å². The number of piperidine rings is 1. The molecule has 5 heteroatoms. The lowest BCUT2D eigenvalue weighted by atomic mass is 9.99. The Morgan fingerprint density at radius 2 is 1.77 bits per heavy atom. The molecular weight excluding hydrogens is 294 g/mol. The van der Waals surface area contributed by atoms with E-state index in [2.05, 4.69) is 54.6 Å². The van der Waals surface area contributed by atoms with Gasteiger partial charge in [0, 0.05) is 49.3 Å². The lowest BCUT2D eigenvalue weighted by molar-refractivity contribution is -0.128. The van der Waals surface area contributed by atoms with E-state index in [-0.39, 0.29) is 17.5 Å². The highest BCUT2D eigenvalue weighted by Gasteiger charge is 2.32. The van der Waals surface area contributed by atoms with Crippen LogP contribution in [0, 0.1) is 0 Å². The fraction of sp³-hybridized carbons (Fsp3) is 0.941. The van der Waals surface area contributed by atoms with Crippen molar-refractivity contribution in [2.45, 2.75) is 64.6 Å². The molecule has 0 aromatic rings. The Morgan fingerprint density at radius 3 is 2.27 bits per heavy atom. The molecular formula is C17H33N3OS. The summed E-state index contributed by atoms with van der Waals surface area (Å²) in [5, 5.41) is 3.15. The van der Waals surface area contributed by atoms with Gasteiger partial charge in [0.1, 0.15) is 0 Å². The van der Waals surface area contributed by atoms with Gasteiger partial charge in [0.15, 0.2) is 0 Å². The van der Waals surface area contributed by atoms with Crippen LogP contribution in [0.3, 0.4) is 0 Å². The first kappa shape index (κ1) is 18.1. The molecule has 1 unspecified atom stereocenters. The largest absolute Gasteiger partial charge is 0.350 e. The van der Waals surface area contributed by atoms with Gasteiger partial charge in [0.25, 0.3) is 0 Å². The highest BCUT2D eigenvalue weighted by atomic mass is 32.2. The van der Waals surface area contributed by atoms with Crippen LogP contribution in [0.15, 0.2) is 0 Å². The molecule has 1 N–H and O–H groups in total. The van der Waals surface area contributed by atoms with Crippen molar-refractivity contribution in [1.29, 1.82) is 0 Å². The smallest absolute Gasteiger partial charge is 0.237 e. The van der Waals surface area contributed by atoms with Gasteiger partial charge in [-0.05, 0) is 40.0 Å². The van der Waals surface area contributed by atoms with Crippen LogP contribution in [0.5, 0.6) is 0 Å². The van der Waals surface area contributed by atoms with Gasteiger partial charge in [0.05, 0.1) is 6.04 Å². The number of likely N-dealkylation sites (tertiary alicyclic amines) is 1. The van der Waals surface area contributed by atoms with Gasteiger partial charge in [0.2, 0.25) is 5.91 Å². The van der Waals surface area contributed by atoms with Gasteiger partial charge in [-0.3, -0.25) is 14.6 Å². The summed E-state index contributed by atoms with van der Waals surface area (Å²) < 4.78 is 0. The maximum absolute atomic E-state index is 12.5. The summed E-state index contributed by atoms with van der Waals surface area (Å²) in [6.07, 6.45) is 3.32. The molecule has 0 aliphatic carbocycles. The number of nitrogens with one attached hydrogen (secondary N) is 1. The highest BCUT2D eigenvalue weighted by Crippen LogP contribution is 2.22. The maximum Gasteiger partial charge on any atom is 0.237 e. The van der Waals surface area contributed by atoms with Crippen molar-refractivity contribution in [3.05, 3.63) is 0 Å². The molecule has 0 aromatic heterocycles. The standard InChI is InChI=1S/C17H33N3OS/c1-5-15(16(21)18-17(2,3)4)20-8-6-14(7-9-20)19-10-12-22-13-11-19/h14-15H,5-13H2,1-4H3,(H,18,21). The van der Waals surface area contributed by atoms with E-state index >= 15 is 0 Å². The number of hydrogen-bond donors (Lipinski definition) is 1. The average Bonchev–Trinajstić information content (AvgIpc) is 2.48. The third-order valence-electron chi connectivity index (χ3n) is 4.69. The number of carbonyl (C=O) groups excluding carboxylic acids is 1. The molecule has 0 aromatic carbocycles. The van der Waals surface area contributed by atoms with Crippen molar-refractivity contribution in [3.8, 4) is 0 Å². The number of rotatable bonds is 4. The van der Waals surface area contributed by atoms with Crippen LogP contribution >= 0.6 is 11.8 Å². The van der Waals surface area contributed by atoms with Crippen LogP contribution in [0.4, 0.5) is 0 Å². The predicted octanol–water partition coefficient (Wildman–Crippen LogP) is 2.19. The van der Waals surface area contributed by atoms with E-state index in [0.29, 0.717) is 0 Å². The van der Waals surface area contributed by atoms with Crippen molar-refractivity contribution in [2.24, 2.45) is 0 Å². The molecule has 128 valence electrons. The monoisotopic (exact) mass is 327 g/mol. The average molecular weight is 328 g/mol. The molecule has 0 radical (unpaired) electrons. The lowest BCUT2D eigenvalue weighted by Crippen LogP contribution is -2.55. The third kappa shape index (κ3) is 5.14. The van der Waals surface area contributed by atoms with Gasteiger partial charge < -0.3 is 5.32 Å². The molecule has 2 aliphatic heterocycles. The van der Waals surface area contributed by atoms with E-state index in [1.165, 1.54) is 37.4 Å². The molecule has 2 rings (SSSR count). The zero-order valence-electron chi connectivity index (χ0n) is 14.7. The van der Waals surface area contributed by atoms with E-state index in [1.54, 1.807) is 0 Å². The summed E-state index contributed by atoms with van der Waals surface area (Å²) in [7, 11) is 0. The van der Waals surface area contributed by atoms with Gasteiger partial charge in [-0.25, -0.2) is 0 Å². The van der Waals surface area contributed by atoms with Gasteiger partial charge in [-0.2, -0.15) is 11.8 Å². The zero-order valence-corrected chi connectivity index (χ0v) is 15.5. The van der Waals surface area contributed by atoms with Crippen LogP contribution in [-0.2, 0) is 4.79 Å². The van der Waals surface area contributed by atoms with Crippen molar-refractivity contribution in [1.82, 2.24) is 15.1 Å². The van der Waals surface area contributed by atoms with Crippen LogP contribution < -0.4 is 5.32 Å². The number of hydrogen-bond acceptors (Lipinski definition) is 4. The molecule has 2 saturated heterocycles.